The number of carbonyl (C=O) groups is 3. The van der Waals surface area contributed by atoms with E-state index in [4.69, 9.17) is 32.7 Å². The summed E-state index contributed by atoms with van der Waals surface area (Å²) < 4.78 is 12.0. The molecule has 0 aromatic heterocycles. The number of benzene rings is 4. The molecule has 1 fully saturated rings. The molecule has 1 heterocycles. The quantitative estimate of drug-likeness (QED) is 0.179. The maximum absolute atomic E-state index is 13.4. The molecule has 0 bridgehead atoms. The lowest BCUT2D eigenvalue weighted by Crippen LogP contribution is -2.54. The maximum Gasteiger partial charge on any atom is 0.335 e. The highest BCUT2D eigenvalue weighted by Gasteiger charge is 2.37. The highest BCUT2D eigenvalue weighted by atomic mass is 35.5. The molecular weight excluding hydrogens is 563 g/mol. The predicted molar refractivity (Wildman–Crippen MR) is 161 cm³/mol. The molecule has 0 unspecified atom stereocenters. The first-order valence-electron chi connectivity index (χ1n) is 12.9. The Hall–Kier alpha value is -4.33. The van der Waals surface area contributed by atoms with Crippen molar-refractivity contribution in [3.63, 3.8) is 0 Å². The third kappa shape index (κ3) is 5.51. The van der Waals surface area contributed by atoms with E-state index in [-0.39, 0.29) is 22.9 Å². The van der Waals surface area contributed by atoms with Crippen LogP contribution in [0.1, 0.15) is 29.2 Å². The number of ether oxygens (including phenoxy) is 2. The summed E-state index contributed by atoms with van der Waals surface area (Å²) in [6, 6.07) is 19.4. The number of barbiturate groups is 1. The van der Waals surface area contributed by atoms with Crippen molar-refractivity contribution in [3.05, 3.63) is 105 Å². The van der Waals surface area contributed by atoms with Crippen LogP contribution < -0.4 is 19.7 Å². The number of fused-ring (bicyclic) bond motifs is 1. The number of hydrogen-bond acceptors (Lipinski definition) is 5. The van der Waals surface area contributed by atoms with Gasteiger partial charge in [-0.05, 0) is 78.6 Å². The molecule has 208 valence electrons. The number of nitrogens with zero attached hydrogens (tertiary/aromatic N) is 1. The third-order valence-electron chi connectivity index (χ3n) is 6.86. The van der Waals surface area contributed by atoms with Crippen LogP contribution >= 0.6 is 23.2 Å². The fourth-order valence-electron chi connectivity index (χ4n) is 4.74. The molecule has 5 rings (SSSR count). The number of carbonyl (C=O) groups excluding carboxylic acids is 3. The normalized spacial score (nSPS) is 14.5. The molecule has 7 nitrogen and oxygen atoms in total. The standard InChI is InChI=1S/C32H26Cl2N2O5/c1-4-40-28-16-20(14-23-30(37)35-32(39)36(31(23)38)27-11-7-10-25(33)19(27)3)15-26(34)29(28)41-17-24-18(2)12-13-21-8-5-6-9-22(21)24/h5-16H,4,17H2,1-3H3,(H,35,37,39)/b23-14+. The van der Waals surface area contributed by atoms with Crippen molar-refractivity contribution in [2.45, 2.75) is 27.4 Å². The Morgan fingerprint density at radius 2 is 1.68 bits per heavy atom. The molecule has 0 atom stereocenters. The minimum atomic E-state index is -0.858. The molecule has 1 aliphatic heterocycles. The van der Waals surface area contributed by atoms with Crippen molar-refractivity contribution < 1.29 is 23.9 Å². The molecule has 0 spiro atoms. The second kappa shape index (κ2) is 11.6. The summed E-state index contributed by atoms with van der Waals surface area (Å²) in [5.41, 5.74) is 3.08. The Morgan fingerprint density at radius 3 is 2.46 bits per heavy atom. The van der Waals surface area contributed by atoms with E-state index >= 15 is 0 Å². The summed E-state index contributed by atoms with van der Waals surface area (Å²) in [7, 11) is 0. The molecule has 4 aromatic rings. The Kier molecular flexibility index (Phi) is 8.01. The number of nitrogens with one attached hydrogen (secondary N) is 1. The van der Waals surface area contributed by atoms with Crippen LogP contribution in [0.15, 0.2) is 72.3 Å². The molecule has 1 aliphatic rings. The minimum absolute atomic E-state index is 0.239. The summed E-state index contributed by atoms with van der Waals surface area (Å²) in [5, 5.41) is 5.03. The zero-order valence-electron chi connectivity index (χ0n) is 22.6. The second-order valence-electron chi connectivity index (χ2n) is 9.48. The summed E-state index contributed by atoms with van der Waals surface area (Å²) >= 11 is 12.9. The van der Waals surface area contributed by atoms with Gasteiger partial charge < -0.3 is 9.47 Å². The van der Waals surface area contributed by atoms with E-state index in [1.54, 1.807) is 37.3 Å². The highest BCUT2D eigenvalue weighted by Crippen LogP contribution is 2.39. The summed E-state index contributed by atoms with van der Waals surface area (Å²) in [5.74, 6) is -0.914. The lowest BCUT2D eigenvalue weighted by molar-refractivity contribution is -0.122. The number of hydrogen-bond donors (Lipinski definition) is 1. The van der Waals surface area contributed by atoms with Crippen LogP contribution in [0, 0.1) is 13.8 Å². The molecule has 4 amide bonds. The fourth-order valence-corrected chi connectivity index (χ4v) is 5.18. The lowest BCUT2D eigenvalue weighted by atomic mass is 10.0. The molecule has 1 saturated heterocycles. The molecule has 0 radical (unpaired) electrons. The number of halogens is 2. The van der Waals surface area contributed by atoms with Gasteiger partial charge in [-0.2, -0.15) is 0 Å². The smallest absolute Gasteiger partial charge is 0.335 e. The molecular formula is C32H26Cl2N2O5. The van der Waals surface area contributed by atoms with Gasteiger partial charge in [0, 0.05) is 10.6 Å². The molecule has 41 heavy (non-hydrogen) atoms. The molecule has 0 aliphatic carbocycles. The number of aryl methyl sites for hydroxylation is 1. The average molecular weight is 589 g/mol. The van der Waals surface area contributed by atoms with E-state index in [2.05, 4.69) is 11.4 Å². The van der Waals surface area contributed by atoms with Gasteiger partial charge in [0.15, 0.2) is 11.5 Å². The van der Waals surface area contributed by atoms with E-state index in [0.29, 0.717) is 34.3 Å². The average Bonchev–Trinajstić information content (AvgIpc) is 2.94. The van der Waals surface area contributed by atoms with Crippen LogP contribution in [0.4, 0.5) is 10.5 Å². The van der Waals surface area contributed by atoms with Gasteiger partial charge in [-0.1, -0.05) is 65.7 Å². The van der Waals surface area contributed by atoms with Gasteiger partial charge in [-0.25, -0.2) is 9.69 Å². The van der Waals surface area contributed by atoms with Crippen molar-refractivity contribution in [1.82, 2.24) is 5.32 Å². The maximum atomic E-state index is 13.4. The van der Waals surface area contributed by atoms with Crippen molar-refractivity contribution in [3.8, 4) is 11.5 Å². The first kappa shape index (κ1) is 28.2. The Balaban J connectivity index is 1.49. The SMILES string of the molecule is CCOc1cc(/C=C2\C(=O)NC(=O)N(c3cccc(Cl)c3C)C2=O)cc(Cl)c1OCc1c(C)ccc2ccccc12. The lowest BCUT2D eigenvalue weighted by Gasteiger charge is -2.27. The van der Waals surface area contributed by atoms with Crippen LogP contribution in [0.25, 0.3) is 16.8 Å². The minimum Gasteiger partial charge on any atom is -0.490 e. The number of rotatable bonds is 7. The van der Waals surface area contributed by atoms with Gasteiger partial charge in [0.1, 0.15) is 12.2 Å². The Labute approximate surface area is 247 Å². The van der Waals surface area contributed by atoms with E-state index in [1.165, 1.54) is 6.08 Å². The largest absolute Gasteiger partial charge is 0.490 e. The van der Waals surface area contributed by atoms with E-state index in [9.17, 15) is 14.4 Å². The zero-order valence-corrected chi connectivity index (χ0v) is 24.1. The monoisotopic (exact) mass is 588 g/mol. The van der Waals surface area contributed by atoms with E-state index in [0.717, 1.165) is 26.8 Å². The summed E-state index contributed by atoms with van der Waals surface area (Å²) in [4.78, 5) is 39.7. The van der Waals surface area contributed by atoms with E-state index in [1.807, 2.05) is 44.2 Å². The van der Waals surface area contributed by atoms with Gasteiger partial charge in [-0.15, -0.1) is 0 Å². The van der Waals surface area contributed by atoms with Crippen molar-refractivity contribution in [2.75, 3.05) is 11.5 Å². The van der Waals surface area contributed by atoms with Gasteiger partial charge in [0.25, 0.3) is 11.8 Å². The van der Waals surface area contributed by atoms with Crippen molar-refractivity contribution in [2.24, 2.45) is 0 Å². The van der Waals surface area contributed by atoms with Gasteiger partial charge in [0.05, 0.1) is 17.3 Å². The van der Waals surface area contributed by atoms with Gasteiger partial charge in [-0.3, -0.25) is 14.9 Å². The van der Waals surface area contributed by atoms with Gasteiger partial charge in [0.2, 0.25) is 0 Å². The van der Waals surface area contributed by atoms with Crippen molar-refractivity contribution >= 4 is 63.6 Å². The van der Waals surface area contributed by atoms with Crippen LogP contribution in [0.3, 0.4) is 0 Å². The second-order valence-corrected chi connectivity index (χ2v) is 10.3. The Bertz CT molecular complexity index is 1750. The predicted octanol–water partition coefficient (Wildman–Crippen LogP) is 7.41. The number of anilines is 1. The zero-order chi connectivity index (χ0) is 29.3. The van der Waals surface area contributed by atoms with E-state index < -0.39 is 17.8 Å². The first-order chi connectivity index (χ1) is 19.7. The molecule has 9 heteroatoms. The first-order valence-corrected chi connectivity index (χ1v) is 13.7. The van der Waals surface area contributed by atoms with Gasteiger partial charge >= 0.3 is 6.03 Å². The summed E-state index contributed by atoms with van der Waals surface area (Å²) in [6.07, 6.45) is 1.37. The van der Waals surface area contributed by atoms with Crippen LogP contribution in [-0.2, 0) is 16.2 Å². The molecule has 4 aromatic carbocycles. The highest BCUT2D eigenvalue weighted by molar-refractivity contribution is 6.40. The third-order valence-corrected chi connectivity index (χ3v) is 7.55. The Morgan fingerprint density at radius 1 is 0.902 bits per heavy atom. The number of imide groups is 2. The molecule has 1 N–H and O–H groups in total. The fraction of sp³-hybridized carbons (Fsp3) is 0.156. The van der Waals surface area contributed by atoms with Crippen LogP contribution in [0.2, 0.25) is 10.0 Å². The molecule has 0 saturated carbocycles. The number of urea groups is 1. The van der Waals surface area contributed by atoms with Crippen LogP contribution in [0.5, 0.6) is 11.5 Å². The van der Waals surface area contributed by atoms with Crippen molar-refractivity contribution in [1.29, 1.82) is 0 Å². The van der Waals surface area contributed by atoms with Crippen LogP contribution in [-0.4, -0.2) is 24.5 Å². The topological polar surface area (TPSA) is 84.9 Å². The number of amides is 4. The summed E-state index contributed by atoms with van der Waals surface area (Å²) in [6.45, 7) is 6.12.